The molecule has 0 unspecified atom stereocenters. The van der Waals surface area contributed by atoms with Crippen molar-refractivity contribution in [2.45, 2.75) is 32.5 Å². The maximum Gasteiger partial charge on any atom is 0.252 e. The summed E-state index contributed by atoms with van der Waals surface area (Å²) >= 11 is 0. The van der Waals surface area contributed by atoms with E-state index in [4.69, 9.17) is 9.26 Å². The van der Waals surface area contributed by atoms with Crippen molar-refractivity contribution in [1.29, 1.82) is 0 Å². The average molecular weight is 287 g/mol. The Labute approximate surface area is 122 Å². The van der Waals surface area contributed by atoms with E-state index >= 15 is 0 Å². The molecule has 3 rings (SSSR count). The summed E-state index contributed by atoms with van der Waals surface area (Å²) in [5, 5.41) is 3.81. The molecule has 2 heterocycles. The van der Waals surface area contributed by atoms with Crippen LogP contribution in [0.25, 0.3) is 0 Å². The van der Waals surface area contributed by atoms with Crippen LogP contribution in [0.3, 0.4) is 0 Å². The first-order valence-corrected chi connectivity index (χ1v) is 6.90. The number of nitrogens with zero attached hydrogens (tertiary/aromatic N) is 3. The third-order valence-corrected chi connectivity index (χ3v) is 3.56. The Kier molecular flexibility index (Phi) is 3.70. The maximum absolute atomic E-state index is 12.2. The van der Waals surface area contributed by atoms with Crippen molar-refractivity contribution in [3.05, 3.63) is 47.6 Å². The summed E-state index contributed by atoms with van der Waals surface area (Å²) < 4.78 is 10.8. The number of hydrogen-bond donors (Lipinski definition) is 0. The zero-order valence-corrected chi connectivity index (χ0v) is 12.0. The van der Waals surface area contributed by atoms with E-state index in [1.165, 1.54) is 0 Å². The summed E-state index contributed by atoms with van der Waals surface area (Å²) in [6.07, 6.45) is -0.189. The van der Waals surface area contributed by atoms with Gasteiger partial charge in [-0.1, -0.05) is 35.5 Å². The summed E-state index contributed by atoms with van der Waals surface area (Å²) in [6, 6.07) is 9.48. The van der Waals surface area contributed by atoms with Gasteiger partial charge < -0.3 is 14.2 Å². The fourth-order valence-electron chi connectivity index (χ4n) is 2.52. The lowest BCUT2D eigenvalue weighted by Crippen LogP contribution is -2.47. The van der Waals surface area contributed by atoms with Gasteiger partial charge in [-0.25, -0.2) is 0 Å². The minimum atomic E-state index is -0.354. The van der Waals surface area contributed by atoms with Crippen LogP contribution < -0.4 is 0 Å². The van der Waals surface area contributed by atoms with E-state index in [2.05, 4.69) is 10.1 Å². The first-order valence-electron chi connectivity index (χ1n) is 6.90. The number of carbonyl (C=O) groups is 1. The minimum Gasteiger partial charge on any atom is -0.366 e. The van der Waals surface area contributed by atoms with Crippen LogP contribution in [0.5, 0.6) is 0 Å². The molecule has 1 amide bonds. The summed E-state index contributed by atoms with van der Waals surface area (Å²) in [7, 11) is 0. The zero-order valence-electron chi connectivity index (χ0n) is 12.0. The van der Waals surface area contributed by atoms with Crippen molar-refractivity contribution in [2.24, 2.45) is 0 Å². The predicted molar refractivity (Wildman–Crippen MR) is 74.2 cm³/mol. The molecule has 6 heteroatoms. The second-order valence-corrected chi connectivity index (χ2v) is 5.15. The highest BCUT2D eigenvalue weighted by atomic mass is 16.5. The van der Waals surface area contributed by atoms with Crippen LogP contribution in [0.1, 0.15) is 30.2 Å². The molecule has 110 valence electrons. The lowest BCUT2D eigenvalue weighted by molar-refractivity contribution is -0.159. The molecular weight excluding hydrogens is 270 g/mol. The van der Waals surface area contributed by atoms with E-state index < -0.39 is 0 Å². The van der Waals surface area contributed by atoms with Crippen LogP contribution in [0.2, 0.25) is 0 Å². The van der Waals surface area contributed by atoms with E-state index in [0.717, 1.165) is 5.56 Å². The number of amides is 1. The molecule has 1 saturated heterocycles. The van der Waals surface area contributed by atoms with Gasteiger partial charge in [0.1, 0.15) is 12.6 Å². The van der Waals surface area contributed by atoms with Crippen molar-refractivity contribution in [1.82, 2.24) is 15.0 Å². The standard InChI is InChI=1S/C15H17N3O3/c1-10-14(15-16-11(2)17-21-15)18(13(19)9-20-10)8-12-6-4-3-5-7-12/h3-7,10,14H,8-9H2,1-2H3/t10-,14+/m1/s1. The lowest BCUT2D eigenvalue weighted by atomic mass is 10.1. The summed E-state index contributed by atoms with van der Waals surface area (Å²) in [4.78, 5) is 18.3. The van der Waals surface area contributed by atoms with Crippen LogP contribution in [-0.4, -0.2) is 33.7 Å². The minimum absolute atomic E-state index is 0.0715. The molecule has 2 atom stereocenters. The van der Waals surface area contributed by atoms with Gasteiger partial charge in [0.15, 0.2) is 5.82 Å². The van der Waals surface area contributed by atoms with Gasteiger partial charge in [0, 0.05) is 6.54 Å². The Morgan fingerprint density at radius 1 is 1.33 bits per heavy atom. The first-order chi connectivity index (χ1) is 10.1. The molecule has 1 aromatic heterocycles. The highest BCUT2D eigenvalue weighted by molar-refractivity contribution is 5.78. The number of ether oxygens (including phenoxy) is 1. The molecule has 1 fully saturated rings. The highest BCUT2D eigenvalue weighted by Gasteiger charge is 2.38. The second kappa shape index (κ2) is 5.65. The fraction of sp³-hybridized carbons (Fsp3) is 0.400. The summed E-state index contributed by atoms with van der Waals surface area (Å²) in [5.41, 5.74) is 1.06. The Morgan fingerprint density at radius 2 is 2.10 bits per heavy atom. The van der Waals surface area contributed by atoms with Crippen molar-refractivity contribution >= 4 is 5.91 Å². The zero-order chi connectivity index (χ0) is 14.8. The fourth-order valence-corrected chi connectivity index (χ4v) is 2.52. The number of morpholine rings is 1. The monoisotopic (exact) mass is 287 g/mol. The Hall–Kier alpha value is -2.21. The number of aromatic nitrogens is 2. The third-order valence-electron chi connectivity index (χ3n) is 3.56. The molecule has 6 nitrogen and oxygen atoms in total. The quantitative estimate of drug-likeness (QED) is 0.862. The number of hydrogen-bond acceptors (Lipinski definition) is 5. The van der Waals surface area contributed by atoms with Crippen LogP contribution in [0.4, 0.5) is 0 Å². The largest absolute Gasteiger partial charge is 0.366 e. The smallest absolute Gasteiger partial charge is 0.252 e. The van der Waals surface area contributed by atoms with E-state index in [1.54, 1.807) is 11.8 Å². The van der Waals surface area contributed by atoms with Crippen LogP contribution in [-0.2, 0) is 16.1 Å². The topological polar surface area (TPSA) is 68.5 Å². The molecule has 2 aromatic rings. The normalized spacial score (nSPS) is 22.6. The summed E-state index contributed by atoms with van der Waals surface area (Å²) in [5.74, 6) is 0.900. The van der Waals surface area contributed by atoms with E-state index in [1.807, 2.05) is 37.3 Å². The lowest BCUT2D eigenvalue weighted by Gasteiger charge is -2.37. The molecule has 0 spiro atoms. The molecule has 0 saturated carbocycles. The van der Waals surface area contributed by atoms with Crippen molar-refractivity contribution in [3.63, 3.8) is 0 Å². The second-order valence-electron chi connectivity index (χ2n) is 5.15. The Morgan fingerprint density at radius 3 is 2.76 bits per heavy atom. The van der Waals surface area contributed by atoms with E-state index in [-0.39, 0.29) is 24.7 Å². The van der Waals surface area contributed by atoms with Gasteiger partial charge in [0.2, 0.25) is 5.91 Å². The molecule has 0 N–H and O–H groups in total. The van der Waals surface area contributed by atoms with Gasteiger partial charge in [-0.3, -0.25) is 4.79 Å². The highest BCUT2D eigenvalue weighted by Crippen LogP contribution is 2.30. The molecule has 21 heavy (non-hydrogen) atoms. The molecule has 1 aromatic carbocycles. The van der Waals surface area contributed by atoms with Crippen LogP contribution >= 0.6 is 0 Å². The van der Waals surface area contributed by atoms with Crippen molar-refractivity contribution < 1.29 is 14.1 Å². The van der Waals surface area contributed by atoms with Crippen LogP contribution in [0, 0.1) is 6.92 Å². The molecule has 1 aliphatic heterocycles. The van der Waals surface area contributed by atoms with Crippen molar-refractivity contribution in [3.8, 4) is 0 Å². The predicted octanol–water partition coefficient (Wildman–Crippen LogP) is 1.87. The molecule has 0 aliphatic carbocycles. The van der Waals surface area contributed by atoms with Crippen molar-refractivity contribution in [2.75, 3.05) is 6.61 Å². The van der Waals surface area contributed by atoms with Gasteiger partial charge in [-0.05, 0) is 19.4 Å². The number of carbonyl (C=O) groups excluding carboxylic acids is 1. The molecule has 0 radical (unpaired) electrons. The Bertz CT molecular complexity index is 626. The third kappa shape index (κ3) is 2.80. The molecular formula is C15H17N3O3. The average Bonchev–Trinajstić information content (AvgIpc) is 2.90. The van der Waals surface area contributed by atoms with E-state index in [0.29, 0.717) is 18.3 Å². The van der Waals surface area contributed by atoms with E-state index in [9.17, 15) is 4.79 Å². The number of rotatable bonds is 3. The maximum atomic E-state index is 12.2. The van der Waals surface area contributed by atoms with Gasteiger partial charge in [0.25, 0.3) is 5.89 Å². The van der Waals surface area contributed by atoms with Crippen LogP contribution in [0.15, 0.2) is 34.9 Å². The van der Waals surface area contributed by atoms with Gasteiger partial charge >= 0.3 is 0 Å². The van der Waals surface area contributed by atoms with Gasteiger partial charge in [0.05, 0.1) is 6.10 Å². The molecule has 1 aliphatic rings. The van der Waals surface area contributed by atoms with Gasteiger partial charge in [-0.15, -0.1) is 0 Å². The number of aryl methyl sites for hydroxylation is 1. The van der Waals surface area contributed by atoms with Gasteiger partial charge in [-0.2, -0.15) is 4.98 Å². The molecule has 0 bridgehead atoms. The number of benzene rings is 1. The Balaban J connectivity index is 1.91. The summed E-state index contributed by atoms with van der Waals surface area (Å²) in [6.45, 7) is 4.25. The SMILES string of the molecule is Cc1noc([C@@H]2[C@@H](C)OCC(=O)N2Cc2ccccc2)n1. The first kappa shape index (κ1) is 13.8.